The summed E-state index contributed by atoms with van der Waals surface area (Å²) in [6.45, 7) is 7.77. The van der Waals surface area contributed by atoms with Gasteiger partial charge in [0.25, 0.3) is 0 Å². The van der Waals surface area contributed by atoms with E-state index < -0.39 is 5.60 Å². The number of ether oxygens (including phenoxy) is 1. The van der Waals surface area contributed by atoms with E-state index in [1.54, 1.807) is 6.20 Å². The van der Waals surface area contributed by atoms with Crippen molar-refractivity contribution in [2.24, 2.45) is 5.41 Å². The van der Waals surface area contributed by atoms with Gasteiger partial charge in [-0.25, -0.2) is 0 Å². The molecular weight excluding hydrogens is 304 g/mol. The first kappa shape index (κ1) is 17.4. The lowest BCUT2D eigenvalue weighted by Gasteiger charge is -2.49. The maximum absolute atomic E-state index is 12.5. The third kappa shape index (κ3) is 3.33. The van der Waals surface area contributed by atoms with E-state index in [9.17, 15) is 9.90 Å². The lowest BCUT2D eigenvalue weighted by Crippen LogP contribution is -2.55. The fraction of sp³-hybridized carbons (Fsp3) is 0.684. The molecule has 1 atom stereocenters. The molecule has 0 bridgehead atoms. The Hall–Kier alpha value is -1.46. The SMILES string of the molecule is CC(C)(C)C(=O)N1CCC2(CC1)CC(O)(c1ccccn1)CCO2. The number of hydrogen-bond acceptors (Lipinski definition) is 4. The van der Waals surface area contributed by atoms with Crippen molar-refractivity contribution in [2.75, 3.05) is 19.7 Å². The standard InChI is InChI=1S/C19H28N2O3/c1-17(2,3)16(22)21-11-7-18(8-12-21)14-19(23,9-13-24-18)15-6-4-5-10-20-15/h4-6,10,23H,7-9,11-14H2,1-3H3. The molecule has 0 saturated carbocycles. The Bertz CT molecular complexity index is 588. The maximum Gasteiger partial charge on any atom is 0.227 e. The number of amides is 1. The van der Waals surface area contributed by atoms with E-state index in [1.807, 2.05) is 43.9 Å². The molecule has 0 radical (unpaired) electrons. The average molecular weight is 332 g/mol. The number of likely N-dealkylation sites (tertiary alicyclic amines) is 1. The van der Waals surface area contributed by atoms with E-state index in [1.165, 1.54) is 0 Å². The Balaban J connectivity index is 1.71. The van der Waals surface area contributed by atoms with Crippen LogP contribution in [0.4, 0.5) is 0 Å². The van der Waals surface area contributed by atoms with Crippen LogP contribution in [0.5, 0.6) is 0 Å². The zero-order valence-corrected chi connectivity index (χ0v) is 14.9. The van der Waals surface area contributed by atoms with Crippen molar-refractivity contribution < 1.29 is 14.6 Å². The molecule has 0 aromatic carbocycles. The number of aromatic nitrogens is 1. The minimum atomic E-state index is -0.935. The first-order chi connectivity index (χ1) is 11.2. The number of pyridine rings is 1. The number of aliphatic hydroxyl groups is 1. The molecule has 5 nitrogen and oxygen atoms in total. The summed E-state index contributed by atoms with van der Waals surface area (Å²) >= 11 is 0. The van der Waals surface area contributed by atoms with E-state index in [4.69, 9.17) is 4.74 Å². The van der Waals surface area contributed by atoms with Crippen LogP contribution in [0.1, 0.15) is 52.1 Å². The second-order valence-corrected chi connectivity index (χ2v) is 8.25. The Kier molecular flexibility index (Phi) is 4.43. The zero-order valence-electron chi connectivity index (χ0n) is 14.9. The highest BCUT2D eigenvalue weighted by Crippen LogP contribution is 2.44. The summed E-state index contributed by atoms with van der Waals surface area (Å²) in [4.78, 5) is 18.8. The van der Waals surface area contributed by atoms with Crippen molar-refractivity contribution in [2.45, 2.75) is 57.7 Å². The molecule has 2 aliphatic heterocycles. The van der Waals surface area contributed by atoms with Gasteiger partial charge >= 0.3 is 0 Å². The van der Waals surface area contributed by atoms with Crippen LogP contribution in [0.3, 0.4) is 0 Å². The van der Waals surface area contributed by atoms with Gasteiger partial charge < -0.3 is 14.7 Å². The van der Waals surface area contributed by atoms with Gasteiger partial charge in [-0.2, -0.15) is 0 Å². The van der Waals surface area contributed by atoms with Gasteiger partial charge in [0.15, 0.2) is 0 Å². The number of carbonyl (C=O) groups excluding carboxylic acids is 1. The van der Waals surface area contributed by atoms with E-state index in [0.717, 1.165) is 18.5 Å². The number of nitrogens with zero attached hydrogens (tertiary/aromatic N) is 2. The quantitative estimate of drug-likeness (QED) is 0.858. The molecule has 1 spiro atoms. The van der Waals surface area contributed by atoms with Crippen molar-refractivity contribution in [3.05, 3.63) is 30.1 Å². The molecule has 5 heteroatoms. The van der Waals surface area contributed by atoms with E-state index >= 15 is 0 Å². The van der Waals surface area contributed by atoms with Crippen LogP contribution in [-0.4, -0.2) is 46.2 Å². The second kappa shape index (κ2) is 6.12. The third-order valence-corrected chi connectivity index (χ3v) is 5.28. The Morgan fingerprint density at radius 2 is 1.96 bits per heavy atom. The smallest absolute Gasteiger partial charge is 0.227 e. The van der Waals surface area contributed by atoms with E-state index in [-0.39, 0.29) is 16.9 Å². The number of rotatable bonds is 1. The average Bonchev–Trinajstić information content (AvgIpc) is 2.55. The van der Waals surface area contributed by atoms with Gasteiger partial charge in [-0.3, -0.25) is 9.78 Å². The molecule has 2 saturated heterocycles. The fourth-order valence-electron chi connectivity index (χ4n) is 3.88. The van der Waals surface area contributed by atoms with Gasteiger partial charge in [-0.15, -0.1) is 0 Å². The number of hydrogen-bond donors (Lipinski definition) is 1. The molecule has 2 fully saturated rings. The van der Waals surface area contributed by atoms with Gasteiger partial charge in [0, 0.05) is 37.5 Å². The number of piperidine rings is 1. The summed E-state index contributed by atoms with van der Waals surface area (Å²) in [5.74, 6) is 0.188. The molecule has 2 aliphatic rings. The molecule has 3 rings (SSSR count). The summed E-state index contributed by atoms with van der Waals surface area (Å²) in [6, 6.07) is 5.66. The molecular formula is C19H28N2O3. The van der Waals surface area contributed by atoms with E-state index in [2.05, 4.69) is 4.98 Å². The Labute approximate surface area is 144 Å². The molecule has 1 unspecified atom stereocenters. The lowest BCUT2D eigenvalue weighted by molar-refractivity contribution is -0.186. The number of carbonyl (C=O) groups is 1. The van der Waals surface area contributed by atoms with Crippen LogP contribution in [0.2, 0.25) is 0 Å². The van der Waals surface area contributed by atoms with Crippen molar-refractivity contribution >= 4 is 5.91 Å². The van der Waals surface area contributed by atoms with Crippen LogP contribution in [0, 0.1) is 5.41 Å². The topological polar surface area (TPSA) is 62.7 Å². The minimum absolute atomic E-state index is 0.188. The van der Waals surface area contributed by atoms with Crippen molar-refractivity contribution in [1.82, 2.24) is 9.88 Å². The lowest BCUT2D eigenvalue weighted by atomic mass is 9.75. The predicted octanol–water partition coefficient (Wildman–Crippen LogP) is 2.49. The summed E-state index contributed by atoms with van der Waals surface area (Å²) in [5, 5.41) is 11.1. The highest BCUT2D eigenvalue weighted by atomic mass is 16.5. The van der Waals surface area contributed by atoms with Crippen LogP contribution >= 0.6 is 0 Å². The summed E-state index contributed by atoms with van der Waals surface area (Å²) in [5.41, 5.74) is -0.914. The highest BCUT2D eigenvalue weighted by molar-refractivity contribution is 5.81. The highest BCUT2D eigenvalue weighted by Gasteiger charge is 2.48. The van der Waals surface area contributed by atoms with Gasteiger partial charge in [-0.1, -0.05) is 26.8 Å². The van der Waals surface area contributed by atoms with Crippen molar-refractivity contribution in [1.29, 1.82) is 0 Å². The Morgan fingerprint density at radius 3 is 2.54 bits per heavy atom. The fourth-order valence-corrected chi connectivity index (χ4v) is 3.88. The van der Waals surface area contributed by atoms with Gasteiger partial charge in [-0.05, 0) is 25.0 Å². The Morgan fingerprint density at radius 1 is 1.25 bits per heavy atom. The maximum atomic E-state index is 12.5. The molecule has 1 aromatic rings. The molecule has 24 heavy (non-hydrogen) atoms. The largest absolute Gasteiger partial charge is 0.383 e. The summed E-state index contributed by atoms with van der Waals surface area (Å²) < 4.78 is 6.11. The predicted molar refractivity (Wildman–Crippen MR) is 91.3 cm³/mol. The minimum Gasteiger partial charge on any atom is -0.383 e. The van der Waals surface area contributed by atoms with Gasteiger partial charge in [0.1, 0.15) is 5.60 Å². The first-order valence-corrected chi connectivity index (χ1v) is 8.81. The normalized spacial score (nSPS) is 27.2. The zero-order chi connectivity index (χ0) is 17.4. The molecule has 1 N–H and O–H groups in total. The van der Waals surface area contributed by atoms with Crippen molar-refractivity contribution in [3.63, 3.8) is 0 Å². The molecule has 0 aliphatic carbocycles. The summed E-state index contributed by atoms with van der Waals surface area (Å²) in [7, 11) is 0. The second-order valence-electron chi connectivity index (χ2n) is 8.25. The van der Waals surface area contributed by atoms with Crippen molar-refractivity contribution in [3.8, 4) is 0 Å². The van der Waals surface area contributed by atoms with Crippen LogP contribution < -0.4 is 0 Å². The van der Waals surface area contributed by atoms with Gasteiger partial charge in [0.2, 0.25) is 5.91 Å². The molecule has 1 aromatic heterocycles. The van der Waals surface area contributed by atoms with Crippen LogP contribution in [-0.2, 0) is 15.1 Å². The molecule has 1 amide bonds. The monoisotopic (exact) mass is 332 g/mol. The first-order valence-electron chi connectivity index (χ1n) is 8.81. The van der Waals surface area contributed by atoms with E-state index in [0.29, 0.717) is 32.5 Å². The molecule has 132 valence electrons. The molecule has 3 heterocycles. The van der Waals surface area contributed by atoms with Crippen LogP contribution in [0.15, 0.2) is 24.4 Å². The summed E-state index contributed by atoms with van der Waals surface area (Å²) in [6.07, 6.45) is 4.37. The third-order valence-electron chi connectivity index (χ3n) is 5.28. The van der Waals surface area contributed by atoms with Gasteiger partial charge in [0.05, 0.1) is 17.9 Å². The van der Waals surface area contributed by atoms with Crippen LogP contribution in [0.25, 0.3) is 0 Å².